The number of carbonyl (C=O) groups is 2. The van der Waals surface area contributed by atoms with E-state index in [1.807, 2.05) is 0 Å². The maximum absolute atomic E-state index is 12.4. The zero-order chi connectivity index (χ0) is 18.4. The Morgan fingerprint density at radius 3 is 1.36 bits per heavy atom. The fraction of sp³-hybridized carbons (Fsp3) is 0.222. The first-order chi connectivity index (χ1) is 11.8. The molecule has 2 aromatic carbocycles. The van der Waals surface area contributed by atoms with Gasteiger partial charge in [-0.25, -0.2) is 0 Å². The van der Waals surface area contributed by atoms with E-state index >= 15 is 0 Å². The molecule has 0 N–H and O–H groups in total. The quantitative estimate of drug-likeness (QED) is 0.435. The van der Waals surface area contributed by atoms with E-state index in [4.69, 9.17) is 29.7 Å². The summed E-state index contributed by atoms with van der Waals surface area (Å²) < 4.78 is 10.1. The molecule has 2 rings (SSSR count). The van der Waals surface area contributed by atoms with E-state index in [0.717, 1.165) is 0 Å². The van der Waals surface area contributed by atoms with Crippen LogP contribution in [-0.4, -0.2) is 36.8 Å². The molecule has 0 spiro atoms. The number of halogens is 2. The minimum absolute atomic E-state index is 0.00612. The minimum atomic E-state index is -3.25. The molecule has 2 aromatic rings. The van der Waals surface area contributed by atoms with Crippen molar-refractivity contribution in [2.75, 3.05) is 14.2 Å². The van der Waals surface area contributed by atoms with Crippen molar-refractivity contribution in [3.63, 3.8) is 0 Å². The van der Waals surface area contributed by atoms with Crippen LogP contribution in [0.5, 0.6) is 11.5 Å². The number of benzene rings is 2. The maximum atomic E-state index is 12.4. The van der Waals surface area contributed by atoms with Gasteiger partial charge in [-0.3, -0.25) is 0 Å². The number of ketones is 2. The van der Waals surface area contributed by atoms with Gasteiger partial charge in [-0.15, -0.1) is 0 Å². The van der Waals surface area contributed by atoms with Gasteiger partial charge in [0.1, 0.15) is 0 Å². The standard InChI is InChI=1S/C18H18Cl2O4Se/c1-23-15-7-3-13(4-8-15)17(21)11-25(19,20)12-18(22)14-5-9-16(24-2)10-6-14/h3-10H,11-12H2,1-2H3. The molecule has 0 aliphatic heterocycles. The van der Waals surface area contributed by atoms with Crippen LogP contribution in [0, 0.1) is 0 Å². The third kappa shape index (κ3) is 5.75. The molecule has 0 saturated heterocycles. The predicted molar refractivity (Wildman–Crippen MR) is 102 cm³/mol. The number of Topliss-reactive ketones (excluding diaryl/α,β-unsaturated/α-hetero) is 2. The summed E-state index contributed by atoms with van der Waals surface area (Å²) in [6.07, 6.45) is 0. The van der Waals surface area contributed by atoms with Gasteiger partial charge in [-0.2, -0.15) is 0 Å². The molecular formula is C18H18Cl2O4Se. The molecule has 0 bridgehead atoms. The van der Waals surface area contributed by atoms with E-state index in [1.54, 1.807) is 62.8 Å². The Morgan fingerprint density at radius 1 is 0.760 bits per heavy atom. The topological polar surface area (TPSA) is 52.6 Å². The van der Waals surface area contributed by atoms with Gasteiger partial charge in [-0.1, -0.05) is 0 Å². The number of methoxy groups -OCH3 is 2. The summed E-state index contributed by atoms with van der Waals surface area (Å²) in [5, 5.41) is -0.0122. The number of rotatable bonds is 8. The molecule has 0 aliphatic rings. The van der Waals surface area contributed by atoms with Gasteiger partial charge < -0.3 is 0 Å². The van der Waals surface area contributed by atoms with Crippen molar-refractivity contribution in [2.45, 2.75) is 10.6 Å². The zero-order valence-electron chi connectivity index (χ0n) is 13.8. The Morgan fingerprint density at radius 2 is 1.08 bits per heavy atom. The van der Waals surface area contributed by atoms with Gasteiger partial charge in [0.05, 0.1) is 0 Å². The molecule has 25 heavy (non-hydrogen) atoms. The van der Waals surface area contributed by atoms with E-state index < -0.39 is 11.0 Å². The van der Waals surface area contributed by atoms with Gasteiger partial charge >= 0.3 is 158 Å². The van der Waals surface area contributed by atoms with Crippen LogP contribution in [-0.2, 0) is 0 Å². The molecular weight excluding hydrogens is 430 g/mol. The van der Waals surface area contributed by atoms with Crippen molar-refractivity contribution in [2.24, 2.45) is 0 Å². The van der Waals surface area contributed by atoms with Crippen molar-refractivity contribution in [1.82, 2.24) is 0 Å². The molecule has 0 fully saturated rings. The molecule has 0 aliphatic carbocycles. The number of hydrogen-bond donors (Lipinski definition) is 0. The fourth-order valence-corrected chi connectivity index (χ4v) is 6.74. The first-order valence-electron chi connectivity index (χ1n) is 7.37. The van der Waals surface area contributed by atoms with Crippen LogP contribution < -0.4 is 9.47 Å². The average molecular weight is 448 g/mol. The second-order valence-electron chi connectivity index (χ2n) is 5.29. The van der Waals surface area contributed by atoms with Crippen molar-refractivity contribution in [3.05, 3.63) is 59.7 Å². The predicted octanol–water partition coefficient (Wildman–Crippen LogP) is 4.69. The van der Waals surface area contributed by atoms with Gasteiger partial charge in [0.25, 0.3) is 0 Å². The van der Waals surface area contributed by atoms with Crippen molar-refractivity contribution >= 4 is 42.8 Å². The third-order valence-corrected chi connectivity index (χ3v) is 8.65. The van der Waals surface area contributed by atoms with Crippen LogP contribution in [0.25, 0.3) is 0 Å². The van der Waals surface area contributed by atoms with Crippen LogP contribution in [0.3, 0.4) is 0 Å². The summed E-state index contributed by atoms with van der Waals surface area (Å²) in [6.45, 7) is 0. The summed E-state index contributed by atoms with van der Waals surface area (Å²) in [7, 11) is 15.9. The number of hydrogen-bond acceptors (Lipinski definition) is 4. The van der Waals surface area contributed by atoms with Crippen molar-refractivity contribution < 1.29 is 19.1 Å². The average Bonchev–Trinajstić information content (AvgIpc) is 2.61. The Hall–Kier alpha value is -1.52. The summed E-state index contributed by atoms with van der Waals surface area (Å²) in [6, 6.07) is 13.4. The molecule has 0 atom stereocenters. The SMILES string of the molecule is COc1ccc(C(=O)C[Se](Cl)(Cl)CC(=O)c2ccc(OC)cc2)cc1. The zero-order valence-corrected chi connectivity index (χ0v) is 17.1. The third-order valence-electron chi connectivity index (χ3n) is 3.51. The van der Waals surface area contributed by atoms with Gasteiger partial charge in [0.15, 0.2) is 0 Å². The van der Waals surface area contributed by atoms with E-state index in [1.165, 1.54) is 0 Å². The molecule has 0 unspecified atom stereocenters. The van der Waals surface area contributed by atoms with Crippen LogP contribution in [0.1, 0.15) is 20.7 Å². The molecule has 0 amide bonds. The van der Waals surface area contributed by atoms with Crippen LogP contribution in [0.2, 0.25) is 10.6 Å². The van der Waals surface area contributed by atoms with Crippen molar-refractivity contribution in [3.8, 4) is 11.5 Å². The number of ether oxygens (including phenoxy) is 2. The van der Waals surface area contributed by atoms with Crippen molar-refractivity contribution in [1.29, 1.82) is 0 Å². The van der Waals surface area contributed by atoms with Gasteiger partial charge in [-0.05, 0) is 0 Å². The molecule has 134 valence electrons. The first kappa shape index (κ1) is 19.8. The summed E-state index contributed by atoms with van der Waals surface area (Å²) in [5.74, 6) is 0.978. The van der Waals surface area contributed by atoms with Gasteiger partial charge in [0.2, 0.25) is 0 Å². The molecule has 0 saturated carbocycles. The van der Waals surface area contributed by atoms with Gasteiger partial charge in [0, 0.05) is 0 Å². The summed E-state index contributed by atoms with van der Waals surface area (Å²) in [4.78, 5) is 24.7. The molecule has 0 aromatic heterocycles. The Balaban J connectivity index is 2.01. The second kappa shape index (κ2) is 8.72. The second-order valence-corrected chi connectivity index (χ2v) is 16.4. The Labute approximate surface area is 157 Å². The summed E-state index contributed by atoms with van der Waals surface area (Å²) in [5.41, 5.74) is 1.00. The molecule has 0 heterocycles. The van der Waals surface area contributed by atoms with Crippen LogP contribution >= 0.6 is 20.2 Å². The number of carbonyl (C=O) groups excluding carboxylic acids is 2. The first-order valence-corrected chi connectivity index (χ1v) is 14.3. The van der Waals surface area contributed by atoms with E-state index in [9.17, 15) is 9.59 Å². The molecule has 7 heteroatoms. The normalized spacial score (nSPS) is 11.7. The Bertz CT molecular complexity index is 679. The Kier molecular flexibility index (Phi) is 6.91. The van der Waals surface area contributed by atoms with E-state index in [-0.39, 0.29) is 22.2 Å². The molecule has 0 radical (unpaired) electrons. The monoisotopic (exact) mass is 448 g/mol. The van der Waals surface area contributed by atoms with Crippen LogP contribution in [0.4, 0.5) is 0 Å². The summed E-state index contributed by atoms with van der Waals surface area (Å²) >= 11 is -3.25. The molecule has 4 nitrogen and oxygen atoms in total. The van der Waals surface area contributed by atoms with Crippen LogP contribution in [0.15, 0.2) is 48.5 Å². The van der Waals surface area contributed by atoms with E-state index in [2.05, 4.69) is 0 Å². The van der Waals surface area contributed by atoms with E-state index in [0.29, 0.717) is 22.6 Å². The fourth-order valence-electron chi connectivity index (χ4n) is 2.16.